The summed E-state index contributed by atoms with van der Waals surface area (Å²) in [4.78, 5) is 14.1. The Bertz CT molecular complexity index is 302. The molecule has 110 valence electrons. The van der Waals surface area contributed by atoms with Gasteiger partial charge >= 0.3 is 0 Å². The highest BCUT2D eigenvalue weighted by atomic mass is 16.7. The maximum absolute atomic E-state index is 11.9. The minimum Gasteiger partial charge on any atom is -0.352 e. The first-order valence-electron chi connectivity index (χ1n) is 7.07. The lowest BCUT2D eigenvalue weighted by Gasteiger charge is -2.20. The van der Waals surface area contributed by atoms with Gasteiger partial charge in [0.05, 0.1) is 13.2 Å². The third kappa shape index (κ3) is 5.06. The second-order valence-corrected chi connectivity index (χ2v) is 5.63. The molecule has 0 spiro atoms. The van der Waals surface area contributed by atoms with Crippen molar-refractivity contribution in [3.8, 4) is 0 Å². The van der Waals surface area contributed by atoms with Gasteiger partial charge in [-0.3, -0.25) is 9.69 Å². The SMILES string of the molecule is CC1(C)OCC(CNC(=O)CN2CCCNCC2)O1. The Hall–Kier alpha value is -0.690. The van der Waals surface area contributed by atoms with Crippen LogP contribution in [-0.4, -0.2) is 68.6 Å². The van der Waals surface area contributed by atoms with Crippen molar-refractivity contribution < 1.29 is 14.3 Å². The zero-order valence-corrected chi connectivity index (χ0v) is 11.9. The molecule has 2 heterocycles. The highest BCUT2D eigenvalue weighted by Gasteiger charge is 2.32. The van der Waals surface area contributed by atoms with E-state index in [1.54, 1.807) is 0 Å². The largest absolute Gasteiger partial charge is 0.352 e. The van der Waals surface area contributed by atoms with Crippen LogP contribution < -0.4 is 10.6 Å². The number of carbonyl (C=O) groups is 1. The molecule has 1 unspecified atom stereocenters. The number of ether oxygens (including phenoxy) is 2. The minimum atomic E-state index is -0.522. The second-order valence-electron chi connectivity index (χ2n) is 5.63. The average molecular weight is 271 g/mol. The molecule has 2 saturated heterocycles. The molecule has 0 aromatic rings. The number of rotatable bonds is 4. The van der Waals surface area contributed by atoms with Gasteiger partial charge in [-0.15, -0.1) is 0 Å². The summed E-state index contributed by atoms with van der Waals surface area (Å²) in [6, 6.07) is 0. The van der Waals surface area contributed by atoms with E-state index in [2.05, 4.69) is 15.5 Å². The molecule has 1 amide bonds. The lowest BCUT2D eigenvalue weighted by atomic mass is 10.3. The normalized spacial score (nSPS) is 28.0. The van der Waals surface area contributed by atoms with Gasteiger partial charge in [-0.25, -0.2) is 0 Å². The van der Waals surface area contributed by atoms with Gasteiger partial charge < -0.3 is 20.1 Å². The van der Waals surface area contributed by atoms with Crippen molar-refractivity contribution in [2.75, 3.05) is 45.9 Å². The van der Waals surface area contributed by atoms with E-state index >= 15 is 0 Å². The van der Waals surface area contributed by atoms with Gasteiger partial charge in [0, 0.05) is 19.6 Å². The Balaban J connectivity index is 1.64. The molecule has 2 rings (SSSR count). The number of nitrogens with zero attached hydrogens (tertiary/aromatic N) is 1. The summed E-state index contributed by atoms with van der Waals surface area (Å²) in [6.45, 7) is 9.23. The molecule has 1 atom stereocenters. The highest BCUT2D eigenvalue weighted by molar-refractivity contribution is 5.78. The molecule has 19 heavy (non-hydrogen) atoms. The number of hydrogen-bond acceptors (Lipinski definition) is 5. The van der Waals surface area contributed by atoms with Crippen LogP contribution in [0.4, 0.5) is 0 Å². The molecule has 0 bridgehead atoms. The van der Waals surface area contributed by atoms with Crippen molar-refractivity contribution in [1.82, 2.24) is 15.5 Å². The van der Waals surface area contributed by atoms with Crippen LogP contribution in [0.1, 0.15) is 20.3 Å². The van der Waals surface area contributed by atoms with Crippen molar-refractivity contribution in [3.05, 3.63) is 0 Å². The van der Waals surface area contributed by atoms with Gasteiger partial charge in [0.2, 0.25) is 5.91 Å². The van der Waals surface area contributed by atoms with E-state index < -0.39 is 5.79 Å². The van der Waals surface area contributed by atoms with E-state index in [0.29, 0.717) is 19.7 Å². The number of carbonyl (C=O) groups excluding carboxylic acids is 1. The summed E-state index contributed by atoms with van der Waals surface area (Å²) in [5, 5.41) is 6.25. The molecule has 0 aromatic heterocycles. The third-order valence-corrected chi connectivity index (χ3v) is 3.39. The number of amides is 1. The monoisotopic (exact) mass is 271 g/mol. The first kappa shape index (κ1) is 14.7. The van der Waals surface area contributed by atoms with Crippen molar-refractivity contribution in [2.45, 2.75) is 32.2 Å². The van der Waals surface area contributed by atoms with Gasteiger partial charge in [0.25, 0.3) is 0 Å². The van der Waals surface area contributed by atoms with Crippen LogP contribution in [0.15, 0.2) is 0 Å². The van der Waals surface area contributed by atoms with E-state index in [9.17, 15) is 4.79 Å². The predicted octanol–water partition coefficient (Wildman–Crippen LogP) is -0.451. The molecule has 2 N–H and O–H groups in total. The number of nitrogens with one attached hydrogen (secondary N) is 2. The predicted molar refractivity (Wildman–Crippen MR) is 71.8 cm³/mol. The fourth-order valence-corrected chi connectivity index (χ4v) is 2.41. The van der Waals surface area contributed by atoms with Crippen LogP contribution >= 0.6 is 0 Å². The Labute approximate surface area is 114 Å². The van der Waals surface area contributed by atoms with Crippen molar-refractivity contribution in [2.24, 2.45) is 0 Å². The Morgan fingerprint density at radius 3 is 3.00 bits per heavy atom. The van der Waals surface area contributed by atoms with Crippen LogP contribution in [0, 0.1) is 0 Å². The van der Waals surface area contributed by atoms with Crippen LogP contribution in [0.2, 0.25) is 0 Å². The smallest absolute Gasteiger partial charge is 0.234 e. The molecule has 0 aliphatic carbocycles. The van der Waals surface area contributed by atoms with Gasteiger partial charge in [0.15, 0.2) is 5.79 Å². The first-order chi connectivity index (χ1) is 9.05. The summed E-state index contributed by atoms with van der Waals surface area (Å²) in [5.74, 6) is -0.457. The van der Waals surface area contributed by atoms with E-state index in [0.717, 1.165) is 32.6 Å². The standard InChI is InChI=1S/C13H25N3O3/c1-13(2)18-10-11(19-13)8-15-12(17)9-16-6-3-4-14-5-7-16/h11,14H,3-10H2,1-2H3,(H,15,17). The van der Waals surface area contributed by atoms with Gasteiger partial charge in [0.1, 0.15) is 6.10 Å². The third-order valence-electron chi connectivity index (χ3n) is 3.39. The first-order valence-corrected chi connectivity index (χ1v) is 7.07. The molecular formula is C13H25N3O3. The fourth-order valence-electron chi connectivity index (χ4n) is 2.41. The molecule has 6 nitrogen and oxygen atoms in total. The summed E-state index contributed by atoms with van der Waals surface area (Å²) in [7, 11) is 0. The van der Waals surface area contributed by atoms with Crippen LogP contribution in [0.25, 0.3) is 0 Å². The zero-order valence-electron chi connectivity index (χ0n) is 11.9. The van der Waals surface area contributed by atoms with Gasteiger partial charge in [-0.2, -0.15) is 0 Å². The molecule has 2 aliphatic rings. The maximum Gasteiger partial charge on any atom is 0.234 e. The highest BCUT2D eigenvalue weighted by Crippen LogP contribution is 2.21. The Kier molecular flexibility index (Phi) is 5.15. The second kappa shape index (κ2) is 6.65. The molecule has 2 fully saturated rings. The summed E-state index contributed by atoms with van der Waals surface area (Å²) in [6.07, 6.45) is 1.06. The zero-order chi connectivity index (χ0) is 13.7. The molecular weight excluding hydrogens is 246 g/mol. The molecule has 0 aromatic carbocycles. The summed E-state index contributed by atoms with van der Waals surface area (Å²) >= 11 is 0. The van der Waals surface area contributed by atoms with E-state index in [1.807, 2.05) is 13.8 Å². The van der Waals surface area contributed by atoms with E-state index in [4.69, 9.17) is 9.47 Å². The molecule has 6 heteroatoms. The average Bonchev–Trinajstić information content (AvgIpc) is 2.55. The Morgan fingerprint density at radius 2 is 2.26 bits per heavy atom. The fraction of sp³-hybridized carbons (Fsp3) is 0.923. The summed E-state index contributed by atoms with van der Waals surface area (Å²) < 4.78 is 11.1. The lowest BCUT2D eigenvalue weighted by molar-refractivity contribution is -0.139. The van der Waals surface area contributed by atoms with E-state index in [1.165, 1.54) is 0 Å². The quantitative estimate of drug-likeness (QED) is 0.725. The topological polar surface area (TPSA) is 62.8 Å². The Morgan fingerprint density at radius 1 is 1.42 bits per heavy atom. The van der Waals surface area contributed by atoms with Crippen LogP contribution in [0.3, 0.4) is 0 Å². The molecule has 0 radical (unpaired) electrons. The van der Waals surface area contributed by atoms with Gasteiger partial charge in [-0.1, -0.05) is 0 Å². The van der Waals surface area contributed by atoms with Gasteiger partial charge in [-0.05, 0) is 33.4 Å². The lowest BCUT2D eigenvalue weighted by Crippen LogP contribution is -2.42. The summed E-state index contributed by atoms with van der Waals surface area (Å²) in [5.41, 5.74) is 0. The van der Waals surface area contributed by atoms with Crippen molar-refractivity contribution in [3.63, 3.8) is 0 Å². The number of hydrogen-bond donors (Lipinski definition) is 2. The van der Waals surface area contributed by atoms with Crippen LogP contribution in [0.5, 0.6) is 0 Å². The maximum atomic E-state index is 11.9. The minimum absolute atomic E-state index is 0.0373. The van der Waals surface area contributed by atoms with E-state index in [-0.39, 0.29) is 12.0 Å². The van der Waals surface area contributed by atoms with Crippen LogP contribution in [-0.2, 0) is 14.3 Å². The molecule has 0 saturated carbocycles. The molecule has 2 aliphatic heterocycles. The van der Waals surface area contributed by atoms with Crippen molar-refractivity contribution in [1.29, 1.82) is 0 Å². The van der Waals surface area contributed by atoms with Crippen molar-refractivity contribution >= 4 is 5.91 Å².